The number of nitrogens with one attached hydrogen (secondary N) is 2. The molecule has 1 fully saturated rings. The molecular formula is C15H21BrN2O. The maximum atomic E-state index is 11.8. The lowest BCUT2D eigenvalue weighted by Crippen LogP contribution is -2.38. The first-order chi connectivity index (χ1) is 9.25. The highest BCUT2D eigenvalue weighted by Gasteiger charge is 2.13. The Morgan fingerprint density at radius 3 is 3.00 bits per heavy atom. The first-order valence-corrected chi connectivity index (χ1v) is 7.76. The molecule has 1 unspecified atom stereocenters. The van der Waals surface area contributed by atoms with Crippen LogP contribution in [-0.2, 0) is 11.2 Å². The number of halogens is 1. The second-order valence-electron chi connectivity index (χ2n) is 5.11. The number of rotatable bonds is 5. The summed E-state index contributed by atoms with van der Waals surface area (Å²) in [6.45, 7) is 2.96. The third-order valence-corrected chi connectivity index (χ3v) is 4.34. The summed E-state index contributed by atoms with van der Waals surface area (Å²) in [4.78, 5) is 11.8. The number of hydrogen-bond acceptors (Lipinski definition) is 2. The fourth-order valence-corrected chi connectivity index (χ4v) is 2.88. The Morgan fingerprint density at radius 2 is 2.26 bits per heavy atom. The molecule has 2 N–H and O–H groups in total. The van der Waals surface area contributed by atoms with Crippen molar-refractivity contribution in [2.24, 2.45) is 5.92 Å². The van der Waals surface area contributed by atoms with Crippen molar-refractivity contribution in [2.75, 3.05) is 19.6 Å². The highest BCUT2D eigenvalue weighted by Crippen LogP contribution is 2.17. The Hall–Kier alpha value is -0.870. The van der Waals surface area contributed by atoms with E-state index in [1.54, 1.807) is 0 Å². The molecule has 2 rings (SSSR count). The molecule has 1 heterocycles. The highest BCUT2D eigenvalue weighted by molar-refractivity contribution is 9.10. The number of carbonyl (C=O) groups is 1. The van der Waals surface area contributed by atoms with E-state index in [2.05, 4.69) is 32.6 Å². The quantitative estimate of drug-likeness (QED) is 0.873. The second kappa shape index (κ2) is 7.65. The standard InChI is InChI=1S/C15H21BrN2O/c16-14-6-2-1-5-13(14)7-8-15(19)18-11-12-4-3-9-17-10-12/h1-2,5-6,12,17H,3-4,7-11H2,(H,18,19). The van der Waals surface area contributed by atoms with Crippen molar-refractivity contribution < 1.29 is 4.79 Å². The molecule has 0 spiro atoms. The van der Waals surface area contributed by atoms with Crippen LogP contribution in [0.4, 0.5) is 0 Å². The summed E-state index contributed by atoms with van der Waals surface area (Å²) in [7, 11) is 0. The van der Waals surface area contributed by atoms with Crippen LogP contribution in [-0.4, -0.2) is 25.5 Å². The summed E-state index contributed by atoms with van der Waals surface area (Å²) in [6.07, 6.45) is 3.79. The van der Waals surface area contributed by atoms with Gasteiger partial charge in [0.1, 0.15) is 0 Å². The van der Waals surface area contributed by atoms with Gasteiger partial charge in [-0.25, -0.2) is 0 Å². The largest absolute Gasteiger partial charge is 0.356 e. The van der Waals surface area contributed by atoms with Crippen LogP contribution in [0.5, 0.6) is 0 Å². The van der Waals surface area contributed by atoms with Gasteiger partial charge in [0, 0.05) is 17.4 Å². The second-order valence-corrected chi connectivity index (χ2v) is 5.96. The summed E-state index contributed by atoms with van der Waals surface area (Å²) in [5.41, 5.74) is 1.19. The van der Waals surface area contributed by atoms with Gasteiger partial charge < -0.3 is 10.6 Å². The van der Waals surface area contributed by atoms with E-state index in [9.17, 15) is 4.79 Å². The zero-order valence-electron chi connectivity index (χ0n) is 11.1. The predicted octanol–water partition coefficient (Wildman–Crippen LogP) is 2.50. The van der Waals surface area contributed by atoms with Crippen molar-refractivity contribution in [3.05, 3.63) is 34.3 Å². The van der Waals surface area contributed by atoms with Gasteiger partial charge in [0.05, 0.1) is 0 Å². The number of piperidine rings is 1. The number of benzene rings is 1. The van der Waals surface area contributed by atoms with Crippen molar-refractivity contribution in [3.8, 4) is 0 Å². The van der Waals surface area contributed by atoms with Crippen LogP contribution in [0.2, 0.25) is 0 Å². The van der Waals surface area contributed by atoms with Crippen LogP contribution in [0.15, 0.2) is 28.7 Å². The summed E-state index contributed by atoms with van der Waals surface area (Å²) >= 11 is 3.51. The molecule has 0 radical (unpaired) electrons. The molecule has 1 atom stereocenters. The normalized spacial score (nSPS) is 19.1. The van der Waals surface area contributed by atoms with Crippen LogP contribution in [0.25, 0.3) is 0 Å². The highest BCUT2D eigenvalue weighted by atomic mass is 79.9. The molecule has 1 aliphatic heterocycles. The molecule has 0 aromatic heterocycles. The zero-order valence-corrected chi connectivity index (χ0v) is 12.7. The van der Waals surface area contributed by atoms with Gasteiger partial charge in [-0.1, -0.05) is 34.1 Å². The van der Waals surface area contributed by atoms with Crippen molar-refractivity contribution in [1.29, 1.82) is 0 Å². The maximum Gasteiger partial charge on any atom is 0.220 e. The lowest BCUT2D eigenvalue weighted by molar-refractivity contribution is -0.121. The molecule has 104 valence electrons. The van der Waals surface area contributed by atoms with Gasteiger partial charge in [0.2, 0.25) is 5.91 Å². The van der Waals surface area contributed by atoms with E-state index in [0.29, 0.717) is 12.3 Å². The molecule has 1 amide bonds. The van der Waals surface area contributed by atoms with E-state index in [-0.39, 0.29) is 5.91 Å². The molecule has 1 saturated heterocycles. The first kappa shape index (κ1) is 14.5. The van der Waals surface area contributed by atoms with Crippen LogP contribution in [0, 0.1) is 5.92 Å². The molecule has 1 aliphatic rings. The van der Waals surface area contributed by atoms with Crippen molar-refractivity contribution in [3.63, 3.8) is 0 Å². The fourth-order valence-electron chi connectivity index (χ4n) is 2.39. The van der Waals surface area contributed by atoms with E-state index in [4.69, 9.17) is 0 Å². The summed E-state index contributed by atoms with van der Waals surface area (Å²) in [5, 5.41) is 6.41. The number of carbonyl (C=O) groups excluding carboxylic acids is 1. The van der Waals surface area contributed by atoms with Gasteiger partial charge in [-0.15, -0.1) is 0 Å². The molecule has 1 aromatic carbocycles. The van der Waals surface area contributed by atoms with E-state index in [1.165, 1.54) is 18.4 Å². The lowest BCUT2D eigenvalue weighted by Gasteiger charge is -2.22. The fraction of sp³-hybridized carbons (Fsp3) is 0.533. The summed E-state index contributed by atoms with van der Waals surface area (Å²) in [6, 6.07) is 8.07. The van der Waals surface area contributed by atoms with Gasteiger partial charge in [0.15, 0.2) is 0 Å². The zero-order chi connectivity index (χ0) is 13.5. The predicted molar refractivity (Wildman–Crippen MR) is 81.1 cm³/mol. The number of amides is 1. The van der Waals surface area contributed by atoms with Gasteiger partial charge in [-0.3, -0.25) is 4.79 Å². The average Bonchev–Trinajstić information content (AvgIpc) is 2.45. The minimum absolute atomic E-state index is 0.154. The summed E-state index contributed by atoms with van der Waals surface area (Å²) < 4.78 is 1.08. The average molecular weight is 325 g/mol. The van der Waals surface area contributed by atoms with Gasteiger partial charge in [-0.05, 0) is 49.9 Å². The van der Waals surface area contributed by atoms with Crippen molar-refractivity contribution >= 4 is 21.8 Å². The monoisotopic (exact) mass is 324 g/mol. The molecule has 19 heavy (non-hydrogen) atoms. The van der Waals surface area contributed by atoms with Gasteiger partial charge in [0.25, 0.3) is 0 Å². The van der Waals surface area contributed by atoms with Crippen molar-refractivity contribution in [1.82, 2.24) is 10.6 Å². The molecular weight excluding hydrogens is 304 g/mol. The molecule has 1 aromatic rings. The molecule has 0 aliphatic carbocycles. The number of aryl methyl sites for hydroxylation is 1. The Labute approximate surface area is 123 Å². The van der Waals surface area contributed by atoms with E-state index in [1.807, 2.05) is 18.2 Å². The molecule has 0 bridgehead atoms. The van der Waals surface area contributed by atoms with Crippen LogP contribution >= 0.6 is 15.9 Å². The Morgan fingerprint density at radius 1 is 1.42 bits per heavy atom. The van der Waals surface area contributed by atoms with Crippen molar-refractivity contribution in [2.45, 2.75) is 25.7 Å². The topological polar surface area (TPSA) is 41.1 Å². The Bertz CT molecular complexity index is 416. The molecule has 4 heteroatoms. The van der Waals surface area contributed by atoms with Crippen LogP contribution in [0.3, 0.4) is 0 Å². The minimum Gasteiger partial charge on any atom is -0.356 e. The minimum atomic E-state index is 0.154. The molecule has 0 saturated carbocycles. The lowest BCUT2D eigenvalue weighted by atomic mass is 10.00. The third-order valence-electron chi connectivity index (χ3n) is 3.57. The smallest absolute Gasteiger partial charge is 0.220 e. The number of hydrogen-bond donors (Lipinski definition) is 2. The molecule has 3 nitrogen and oxygen atoms in total. The van der Waals surface area contributed by atoms with Crippen LogP contribution in [0.1, 0.15) is 24.8 Å². The Balaban J connectivity index is 1.68. The van der Waals surface area contributed by atoms with E-state index < -0.39 is 0 Å². The maximum absolute atomic E-state index is 11.8. The van der Waals surface area contributed by atoms with Gasteiger partial charge in [-0.2, -0.15) is 0 Å². The van der Waals surface area contributed by atoms with Crippen LogP contribution < -0.4 is 10.6 Å². The van der Waals surface area contributed by atoms with E-state index in [0.717, 1.165) is 30.5 Å². The Kier molecular flexibility index (Phi) is 5.86. The SMILES string of the molecule is O=C(CCc1ccccc1Br)NCC1CCCNC1. The first-order valence-electron chi connectivity index (χ1n) is 6.96. The van der Waals surface area contributed by atoms with Gasteiger partial charge >= 0.3 is 0 Å². The third kappa shape index (κ3) is 4.96. The van der Waals surface area contributed by atoms with E-state index >= 15 is 0 Å². The summed E-state index contributed by atoms with van der Waals surface area (Å²) in [5.74, 6) is 0.752.